The van der Waals surface area contributed by atoms with E-state index < -0.39 is 23.9 Å². The van der Waals surface area contributed by atoms with Crippen LogP contribution in [0.25, 0.3) is 21.5 Å². The van der Waals surface area contributed by atoms with E-state index in [-0.39, 0.29) is 37.2 Å². The van der Waals surface area contributed by atoms with Gasteiger partial charge in [-0.2, -0.15) is 0 Å². The molecule has 160 valence electrons. The number of ether oxygens (including phenoxy) is 2. The molecule has 0 heterocycles. The number of carbonyl (C=O) groups excluding carboxylic acids is 2. The van der Waals surface area contributed by atoms with Gasteiger partial charge in [-0.25, -0.2) is 0 Å². The first-order chi connectivity index (χ1) is 14.8. The highest BCUT2D eigenvalue weighted by atomic mass is 16.5. The van der Waals surface area contributed by atoms with Crippen molar-refractivity contribution in [2.45, 2.75) is 32.6 Å². The maximum Gasteiger partial charge on any atom is 0.311 e. The molecule has 8 heteroatoms. The molecule has 0 saturated heterocycles. The summed E-state index contributed by atoms with van der Waals surface area (Å²) in [6.07, 6.45) is -1.29. The van der Waals surface area contributed by atoms with E-state index in [2.05, 4.69) is 0 Å². The van der Waals surface area contributed by atoms with E-state index in [1.165, 1.54) is 0 Å². The lowest BCUT2D eigenvalue weighted by Gasteiger charge is -2.17. The first-order valence-corrected chi connectivity index (χ1v) is 9.57. The Labute approximate surface area is 177 Å². The summed E-state index contributed by atoms with van der Waals surface area (Å²) in [7, 11) is 0. The number of carbonyl (C=O) groups is 4. The lowest BCUT2D eigenvalue weighted by molar-refractivity contribution is -0.142. The van der Waals surface area contributed by atoms with Crippen LogP contribution in [-0.4, -0.2) is 34.1 Å². The standard InChI is InChI=1S/C23H20O8/c1-13-5-4-8-16-21(13)23(31-20(29)12-10-18(26)27)15-7-3-2-6-14(15)22(16)30-19(28)11-9-17(24)25/h2-8H,9-12H2,1H3,(H,24,25)(H,26,27). The van der Waals surface area contributed by atoms with Crippen molar-refractivity contribution in [1.29, 1.82) is 0 Å². The topological polar surface area (TPSA) is 127 Å². The van der Waals surface area contributed by atoms with E-state index in [1.54, 1.807) is 36.4 Å². The van der Waals surface area contributed by atoms with E-state index in [1.807, 2.05) is 13.0 Å². The Kier molecular flexibility index (Phi) is 6.49. The van der Waals surface area contributed by atoms with Gasteiger partial charge >= 0.3 is 23.9 Å². The molecule has 0 bridgehead atoms. The molecule has 0 radical (unpaired) electrons. The molecular formula is C23H20O8. The summed E-state index contributed by atoms with van der Waals surface area (Å²) < 4.78 is 11.2. The van der Waals surface area contributed by atoms with Crippen molar-refractivity contribution in [3.8, 4) is 11.5 Å². The van der Waals surface area contributed by atoms with Gasteiger partial charge in [0.05, 0.1) is 25.7 Å². The molecule has 0 saturated carbocycles. The smallest absolute Gasteiger partial charge is 0.311 e. The SMILES string of the molecule is Cc1cccc2c(OC(=O)CCC(=O)O)c3ccccc3c(OC(=O)CCC(=O)O)c12. The molecule has 0 fully saturated rings. The average Bonchev–Trinajstić information content (AvgIpc) is 2.73. The summed E-state index contributed by atoms with van der Waals surface area (Å²) in [5.41, 5.74) is 0.757. The first-order valence-electron chi connectivity index (χ1n) is 9.57. The number of benzene rings is 3. The fourth-order valence-electron chi connectivity index (χ4n) is 3.28. The van der Waals surface area contributed by atoms with Crippen molar-refractivity contribution in [1.82, 2.24) is 0 Å². The maximum atomic E-state index is 12.3. The summed E-state index contributed by atoms with van der Waals surface area (Å²) in [6.45, 7) is 1.81. The van der Waals surface area contributed by atoms with Crippen LogP contribution in [0.15, 0.2) is 42.5 Å². The molecule has 0 amide bonds. The van der Waals surface area contributed by atoms with E-state index in [4.69, 9.17) is 19.7 Å². The Morgan fingerprint density at radius 1 is 0.677 bits per heavy atom. The minimum atomic E-state index is -1.11. The van der Waals surface area contributed by atoms with Crippen LogP contribution in [0.5, 0.6) is 11.5 Å². The molecule has 2 N–H and O–H groups in total. The number of hydrogen-bond acceptors (Lipinski definition) is 6. The number of carboxylic acids is 2. The molecule has 0 atom stereocenters. The molecule has 0 unspecified atom stereocenters. The number of rotatable bonds is 8. The van der Waals surface area contributed by atoms with Crippen LogP contribution < -0.4 is 9.47 Å². The van der Waals surface area contributed by atoms with Crippen LogP contribution in [0.2, 0.25) is 0 Å². The molecule has 3 aromatic rings. The molecule has 31 heavy (non-hydrogen) atoms. The minimum Gasteiger partial charge on any atom is -0.481 e. The van der Waals surface area contributed by atoms with Crippen LogP contribution in [0, 0.1) is 6.92 Å². The average molecular weight is 424 g/mol. The molecule has 0 aliphatic heterocycles. The highest BCUT2D eigenvalue weighted by molar-refractivity contribution is 6.13. The number of aliphatic carboxylic acids is 2. The van der Waals surface area contributed by atoms with Gasteiger partial charge in [0, 0.05) is 21.5 Å². The molecule has 0 spiro atoms. The third-order valence-electron chi connectivity index (χ3n) is 4.68. The second kappa shape index (κ2) is 9.25. The van der Waals surface area contributed by atoms with Crippen molar-refractivity contribution < 1.29 is 38.9 Å². The second-order valence-electron chi connectivity index (χ2n) is 6.94. The number of aryl methyl sites for hydroxylation is 1. The second-order valence-corrected chi connectivity index (χ2v) is 6.94. The van der Waals surface area contributed by atoms with E-state index in [0.717, 1.165) is 5.56 Å². The molecule has 0 aliphatic carbocycles. The number of fused-ring (bicyclic) bond motifs is 2. The Morgan fingerprint density at radius 2 is 1.16 bits per heavy atom. The fraction of sp³-hybridized carbons (Fsp3) is 0.217. The van der Waals surface area contributed by atoms with Crippen molar-refractivity contribution in [3.05, 3.63) is 48.0 Å². The van der Waals surface area contributed by atoms with Crippen LogP contribution in [0.4, 0.5) is 0 Å². The van der Waals surface area contributed by atoms with Crippen LogP contribution in [0.3, 0.4) is 0 Å². The highest BCUT2D eigenvalue weighted by Crippen LogP contribution is 2.44. The molecule has 3 rings (SSSR count). The van der Waals surface area contributed by atoms with E-state index in [0.29, 0.717) is 21.5 Å². The Bertz CT molecular complexity index is 1200. The lowest BCUT2D eigenvalue weighted by Crippen LogP contribution is -2.13. The fourth-order valence-corrected chi connectivity index (χ4v) is 3.28. The summed E-state index contributed by atoms with van der Waals surface area (Å²) in [5, 5.41) is 19.7. The van der Waals surface area contributed by atoms with Crippen molar-refractivity contribution in [3.63, 3.8) is 0 Å². The van der Waals surface area contributed by atoms with Gasteiger partial charge in [0.15, 0.2) is 0 Å². The van der Waals surface area contributed by atoms with Crippen LogP contribution in [0.1, 0.15) is 31.2 Å². The third kappa shape index (κ3) is 4.98. The normalized spacial score (nSPS) is 10.7. The number of esters is 2. The quantitative estimate of drug-likeness (QED) is 0.317. The third-order valence-corrected chi connectivity index (χ3v) is 4.68. The van der Waals surface area contributed by atoms with Crippen LogP contribution >= 0.6 is 0 Å². The van der Waals surface area contributed by atoms with Gasteiger partial charge < -0.3 is 19.7 Å². The van der Waals surface area contributed by atoms with Crippen molar-refractivity contribution >= 4 is 45.4 Å². The summed E-state index contributed by atoms with van der Waals surface area (Å²) in [6, 6.07) is 12.1. The van der Waals surface area contributed by atoms with Crippen molar-refractivity contribution in [2.24, 2.45) is 0 Å². The molecule has 3 aromatic carbocycles. The molecule has 0 aliphatic rings. The predicted octanol–water partition coefficient (Wildman–Crippen LogP) is 3.84. The Morgan fingerprint density at radius 3 is 1.71 bits per heavy atom. The zero-order valence-electron chi connectivity index (χ0n) is 16.7. The maximum absolute atomic E-state index is 12.3. The summed E-state index contributed by atoms with van der Waals surface area (Å²) in [5.74, 6) is -3.10. The monoisotopic (exact) mass is 424 g/mol. The van der Waals surface area contributed by atoms with Gasteiger partial charge in [0.25, 0.3) is 0 Å². The van der Waals surface area contributed by atoms with Crippen molar-refractivity contribution in [2.75, 3.05) is 0 Å². The zero-order chi connectivity index (χ0) is 22.5. The van der Waals surface area contributed by atoms with Gasteiger partial charge in [-0.15, -0.1) is 0 Å². The van der Waals surface area contributed by atoms with Gasteiger partial charge in [0.2, 0.25) is 0 Å². The lowest BCUT2D eigenvalue weighted by atomic mass is 9.97. The van der Waals surface area contributed by atoms with E-state index in [9.17, 15) is 19.2 Å². The summed E-state index contributed by atoms with van der Waals surface area (Å²) >= 11 is 0. The zero-order valence-corrected chi connectivity index (χ0v) is 16.7. The van der Waals surface area contributed by atoms with Gasteiger partial charge in [-0.05, 0) is 12.5 Å². The Hall–Kier alpha value is -3.94. The summed E-state index contributed by atoms with van der Waals surface area (Å²) in [4.78, 5) is 46.1. The Balaban J connectivity index is 2.15. The molecular weight excluding hydrogens is 404 g/mol. The molecule has 8 nitrogen and oxygen atoms in total. The van der Waals surface area contributed by atoms with Gasteiger partial charge in [-0.1, -0.05) is 42.5 Å². The van der Waals surface area contributed by atoms with E-state index >= 15 is 0 Å². The molecule has 0 aromatic heterocycles. The van der Waals surface area contributed by atoms with Crippen LogP contribution in [-0.2, 0) is 19.2 Å². The number of hydrogen-bond donors (Lipinski definition) is 2. The van der Waals surface area contributed by atoms with Gasteiger partial charge in [-0.3, -0.25) is 19.2 Å². The minimum absolute atomic E-state index is 0.245. The van der Waals surface area contributed by atoms with Gasteiger partial charge in [0.1, 0.15) is 11.5 Å². The largest absolute Gasteiger partial charge is 0.481 e. The highest BCUT2D eigenvalue weighted by Gasteiger charge is 2.21. The predicted molar refractivity (Wildman–Crippen MR) is 111 cm³/mol. The number of carboxylic acid groups (broad SMARTS) is 2. The first kappa shape index (κ1) is 21.8.